The number of hydrogen-bond donors (Lipinski definition) is 4. The highest BCUT2D eigenvalue weighted by Gasteiger charge is 2.16. The van der Waals surface area contributed by atoms with Crippen molar-refractivity contribution in [3.05, 3.63) is 48.0 Å². The molecule has 0 unspecified atom stereocenters. The van der Waals surface area contributed by atoms with E-state index in [-0.39, 0.29) is 10.6 Å². The number of anilines is 2. The predicted octanol–water partition coefficient (Wildman–Crippen LogP) is 1.78. The molecular weight excluding hydrogens is 339 g/mol. The van der Waals surface area contributed by atoms with Gasteiger partial charge in [0.2, 0.25) is 0 Å². The van der Waals surface area contributed by atoms with Crippen LogP contribution < -0.4 is 26.0 Å². The molecule has 0 aromatic heterocycles. The van der Waals surface area contributed by atoms with Crippen molar-refractivity contribution < 1.29 is 17.5 Å². The lowest BCUT2D eigenvalue weighted by atomic mass is 10.2. The normalized spacial score (nSPS) is 12.0. The first-order valence-corrected chi connectivity index (χ1v) is 9.67. The minimum atomic E-state index is -3.75. The van der Waals surface area contributed by atoms with Crippen LogP contribution in [0.5, 0.6) is 5.75 Å². The summed E-state index contributed by atoms with van der Waals surface area (Å²) in [5.41, 5.74) is 17.2. The molecule has 0 fully saturated rings. The zero-order valence-corrected chi connectivity index (χ0v) is 14.0. The first kappa shape index (κ1) is 17.3. The van der Waals surface area contributed by atoms with Crippen molar-refractivity contribution in [1.82, 2.24) is 0 Å². The lowest BCUT2D eigenvalue weighted by Gasteiger charge is -2.14. The smallest absolute Gasteiger partial charge is 0.385 e. The van der Waals surface area contributed by atoms with Gasteiger partial charge in [-0.1, -0.05) is 0 Å². The lowest BCUT2D eigenvalue weighted by Crippen LogP contribution is -2.14. The van der Waals surface area contributed by atoms with Gasteiger partial charge in [-0.2, -0.15) is 0 Å². The molecule has 2 aromatic carbocycles. The third-order valence-electron chi connectivity index (χ3n) is 2.88. The Morgan fingerprint density at radius 3 is 2.22 bits per heavy atom. The van der Waals surface area contributed by atoms with E-state index in [2.05, 4.69) is 4.72 Å². The van der Waals surface area contributed by atoms with E-state index in [0.717, 1.165) is 0 Å². The Labute approximate surface area is 134 Å². The van der Waals surface area contributed by atoms with Gasteiger partial charge < -0.3 is 10.3 Å². The third kappa shape index (κ3) is 4.70. The summed E-state index contributed by atoms with van der Waals surface area (Å²) in [5.74, 6) is 0.186. The fourth-order valence-corrected chi connectivity index (χ4v) is 3.40. The van der Waals surface area contributed by atoms with Gasteiger partial charge in [0.15, 0.2) is 0 Å². The molecular formula is C13H17N4O4PS. The van der Waals surface area contributed by atoms with Crippen LogP contribution >= 0.6 is 7.67 Å². The second kappa shape index (κ2) is 6.21. The number of nitrogens with two attached hydrogens (primary N) is 3. The van der Waals surface area contributed by atoms with Crippen molar-refractivity contribution in [1.29, 1.82) is 0 Å². The summed E-state index contributed by atoms with van der Waals surface area (Å²) in [7, 11) is -7.42. The van der Waals surface area contributed by atoms with E-state index in [9.17, 15) is 13.0 Å². The van der Waals surface area contributed by atoms with E-state index in [1.165, 1.54) is 42.5 Å². The Hall–Kier alpha value is -2.06. The fourth-order valence-electron chi connectivity index (χ4n) is 1.82. The van der Waals surface area contributed by atoms with Crippen molar-refractivity contribution in [2.24, 2.45) is 11.0 Å². The molecule has 23 heavy (non-hydrogen) atoms. The molecule has 0 amide bonds. The molecule has 0 spiro atoms. The quantitative estimate of drug-likeness (QED) is 0.471. The van der Waals surface area contributed by atoms with E-state index in [4.69, 9.17) is 21.3 Å². The Balaban J connectivity index is 2.26. The Morgan fingerprint density at radius 2 is 1.70 bits per heavy atom. The van der Waals surface area contributed by atoms with E-state index in [1.54, 1.807) is 6.92 Å². The number of nitrogens with one attached hydrogen (secondary N) is 1. The van der Waals surface area contributed by atoms with Crippen molar-refractivity contribution >= 4 is 29.1 Å². The summed E-state index contributed by atoms with van der Waals surface area (Å²) in [5, 5.41) is 0. The van der Waals surface area contributed by atoms with Crippen molar-refractivity contribution in [3.63, 3.8) is 0 Å². The second-order valence-corrected chi connectivity index (χ2v) is 8.04. The standard InChI is InChI=1S/C13H17N4O4PS/c1-9-8-11(21-22(15,16)18)4-7-13(9)17-23(19,20)12-5-2-10(14)3-6-12/h2-8,17H,14H2,1H3,(H4,15,16,18). The average molecular weight is 356 g/mol. The van der Waals surface area contributed by atoms with Gasteiger partial charge >= 0.3 is 7.67 Å². The number of aryl methyl sites for hydroxylation is 1. The predicted molar refractivity (Wildman–Crippen MR) is 89.5 cm³/mol. The minimum absolute atomic E-state index is 0.0832. The van der Waals surface area contributed by atoms with Crippen LogP contribution in [0.2, 0.25) is 0 Å². The average Bonchev–Trinajstić information content (AvgIpc) is 2.40. The summed E-state index contributed by atoms with van der Waals surface area (Å²) >= 11 is 0. The van der Waals surface area contributed by atoms with Gasteiger partial charge in [0.1, 0.15) is 5.75 Å². The summed E-state index contributed by atoms with van der Waals surface area (Å²) < 4.78 is 43.2. The molecule has 0 bridgehead atoms. The van der Waals surface area contributed by atoms with Gasteiger partial charge in [0.25, 0.3) is 10.0 Å². The molecule has 2 aromatic rings. The van der Waals surface area contributed by atoms with Crippen molar-refractivity contribution in [2.75, 3.05) is 10.5 Å². The van der Waals surface area contributed by atoms with Gasteiger partial charge in [-0.05, 0) is 55.0 Å². The Kier molecular flexibility index (Phi) is 4.67. The highest BCUT2D eigenvalue weighted by Crippen LogP contribution is 2.32. The molecule has 0 aliphatic rings. The van der Waals surface area contributed by atoms with Crippen molar-refractivity contribution in [3.8, 4) is 5.75 Å². The second-order valence-electron chi connectivity index (χ2n) is 4.89. The summed E-state index contributed by atoms with van der Waals surface area (Å²) in [6.07, 6.45) is 0. The van der Waals surface area contributed by atoms with E-state index in [0.29, 0.717) is 16.9 Å². The number of benzene rings is 2. The number of sulfonamides is 1. The molecule has 0 heterocycles. The van der Waals surface area contributed by atoms with Gasteiger partial charge in [-0.25, -0.2) is 24.0 Å². The summed E-state index contributed by atoms with van der Waals surface area (Å²) in [4.78, 5) is 0.0832. The molecule has 0 aliphatic carbocycles. The van der Waals surface area contributed by atoms with Gasteiger partial charge in [-0.15, -0.1) is 0 Å². The SMILES string of the molecule is Cc1cc(OP(N)(N)=O)ccc1NS(=O)(=O)c1ccc(N)cc1. The van der Waals surface area contributed by atoms with Gasteiger partial charge in [0, 0.05) is 5.69 Å². The maximum absolute atomic E-state index is 12.3. The number of rotatable bonds is 5. The largest absolute Gasteiger partial charge is 0.422 e. The van der Waals surface area contributed by atoms with Crippen molar-refractivity contribution in [2.45, 2.75) is 11.8 Å². The maximum Gasteiger partial charge on any atom is 0.385 e. The van der Waals surface area contributed by atoms with Crippen LogP contribution in [0.1, 0.15) is 5.56 Å². The number of hydrogen-bond acceptors (Lipinski definition) is 5. The highest BCUT2D eigenvalue weighted by molar-refractivity contribution is 7.92. The molecule has 10 heteroatoms. The van der Waals surface area contributed by atoms with Crippen LogP contribution in [0.25, 0.3) is 0 Å². The fraction of sp³-hybridized carbons (Fsp3) is 0.0769. The summed E-state index contributed by atoms with van der Waals surface area (Å²) in [6.45, 7) is 1.66. The maximum atomic E-state index is 12.3. The molecule has 2 rings (SSSR count). The molecule has 124 valence electrons. The molecule has 0 saturated carbocycles. The van der Waals surface area contributed by atoms with E-state index < -0.39 is 17.7 Å². The zero-order valence-electron chi connectivity index (χ0n) is 12.3. The molecule has 7 N–H and O–H groups in total. The third-order valence-corrected chi connectivity index (χ3v) is 4.76. The first-order valence-electron chi connectivity index (χ1n) is 6.43. The Morgan fingerprint density at radius 1 is 1.09 bits per heavy atom. The molecule has 0 atom stereocenters. The zero-order chi connectivity index (χ0) is 17.3. The van der Waals surface area contributed by atoms with Crippen LogP contribution in [0.4, 0.5) is 11.4 Å². The molecule has 0 saturated heterocycles. The van der Waals surface area contributed by atoms with Crippen LogP contribution in [0, 0.1) is 6.92 Å². The molecule has 0 radical (unpaired) electrons. The molecule has 8 nitrogen and oxygen atoms in total. The van der Waals surface area contributed by atoms with Gasteiger partial charge in [-0.3, -0.25) is 4.72 Å². The minimum Gasteiger partial charge on any atom is -0.422 e. The lowest BCUT2D eigenvalue weighted by molar-refractivity contribution is 0.484. The van der Waals surface area contributed by atoms with E-state index >= 15 is 0 Å². The topological polar surface area (TPSA) is 151 Å². The molecule has 0 aliphatic heterocycles. The van der Waals surface area contributed by atoms with Crippen LogP contribution in [0.15, 0.2) is 47.4 Å². The van der Waals surface area contributed by atoms with Crippen LogP contribution in [0.3, 0.4) is 0 Å². The first-order chi connectivity index (χ1) is 10.6. The number of nitrogen functional groups attached to an aromatic ring is 1. The van der Waals surface area contributed by atoms with Crippen LogP contribution in [-0.4, -0.2) is 8.42 Å². The van der Waals surface area contributed by atoms with Gasteiger partial charge in [0.05, 0.1) is 10.6 Å². The van der Waals surface area contributed by atoms with E-state index in [1.807, 2.05) is 0 Å². The monoisotopic (exact) mass is 356 g/mol. The summed E-state index contributed by atoms with van der Waals surface area (Å²) in [6, 6.07) is 10.2. The Bertz CT molecular complexity index is 862. The van der Waals surface area contributed by atoms with Crippen LogP contribution in [-0.2, 0) is 14.6 Å². The highest BCUT2D eigenvalue weighted by atomic mass is 32.2.